The molecular formula is C39H38N6O4S. The summed E-state index contributed by atoms with van der Waals surface area (Å²) in [5.74, 6) is -0.129. The third-order valence-electron chi connectivity index (χ3n) is 11.0. The monoisotopic (exact) mass is 686 g/mol. The highest BCUT2D eigenvalue weighted by Gasteiger charge is 2.59. The molecule has 9 rings (SSSR count). The average Bonchev–Trinajstić information content (AvgIpc) is 3.90. The number of hydrogen-bond donors (Lipinski definition) is 1. The van der Waals surface area contributed by atoms with Crippen molar-refractivity contribution in [3.8, 4) is 39.2 Å². The Morgan fingerprint density at radius 1 is 1.06 bits per heavy atom. The fourth-order valence-corrected chi connectivity index (χ4v) is 9.05. The van der Waals surface area contributed by atoms with Crippen molar-refractivity contribution in [3.05, 3.63) is 81.4 Å². The van der Waals surface area contributed by atoms with Gasteiger partial charge in [0.15, 0.2) is 5.58 Å². The summed E-state index contributed by atoms with van der Waals surface area (Å²) in [7, 11) is 1.96. The predicted molar refractivity (Wildman–Crippen MR) is 191 cm³/mol. The Morgan fingerprint density at radius 2 is 1.76 bits per heavy atom. The largest absolute Gasteiger partial charge is 0.481 e. The van der Waals surface area contributed by atoms with Crippen LogP contribution >= 0.6 is 11.3 Å². The minimum Gasteiger partial charge on any atom is -0.481 e. The molecule has 0 spiro atoms. The maximum Gasteiger partial charge on any atom is 0.311 e. The van der Waals surface area contributed by atoms with Gasteiger partial charge in [0.05, 0.1) is 36.3 Å². The molecule has 0 atom stereocenters. The maximum absolute atomic E-state index is 12.8. The highest BCUT2D eigenvalue weighted by atomic mass is 32.1. The van der Waals surface area contributed by atoms with Crippen molar-refractivity contribution >= 4 is 34.3 Å². The molecule has 10 nitrogen and oxygen atoms in total. The van der Waals surface area contributed by atoms with Gasteiger partial charge in [-0.3, -0.25) is 19.4 Å². The van der Waals surface area contributed by atoms with E-state index in [0.29, 0.717) is 68.1 Å². The molecule has 5 aromatic rings. The normalized spacial score (nSPS) is 19.6. The summed E-state index contributed by atoms with van der Waals surface area (Å²) in [6, 6.07) is 18.8. The van der Waals surface area contributed by atoms with Crippen molar-refractivity contribution in [1.29, 1.82) is 5.26 Å². The number of aromatic nitrogens is 2. The van der Waals surface area contributed by atoms with Crippen LogP contribution in [0.4, 0.5) is 0 Å². The first-order valence-electron chi connectivity index (χ1n) is 17.0. The quantitative estimate of drug-likeness (QED) is 0.182. The number of carboxylic acids is 1. The van der Waals surface area contributed by atoms with E-state index in [1.165, 1.54) is 0 Å². The Kier molecular flexibility index (Phi) is 7.86. The molecule has 254 valence electrons. The lowest BCUT2D eigenvalue weighted by atomic mass is 9.70. The van der Waals surface area contributed by atoms with Crippen molar-refractivity contribution in [2.45, 2.75) is 59.3 Å². The van der Waals surface area contributed by atoms with Gasteiger partial charge in [0.25, 0.3) is 0 Å². The lowest BCUT2D eigenvalue weighted by Crippen LogP contribution is -2.40. The highest BCUT2D eigenvalue weighted by Crippen LogP contribution is 2.52. The number of benzene rings is 3. The second-order valence-electron chi connectivity index (χ2n) is 14.1. The summed E-state index contributed by atoms with van der Waals surface area (Å²) in [6.45, 7) is 9.75. The number of aliphatic carboxylic acids is 1. The molecule has 4 aliphatic rings. The number of thiazole rings is 1. The van der Waals surface area contributed by atoms with Crippen molar-refractivity contribution in [1.82, 2.24) is 24.7 Å². The molecule has 1 saturated carbocycles. The Bertz CT molecular complexity index is 2220. The lowest BCUT2D eigenvalue weighted by molar-refractivity contribution is -0.151. The fourth-order valence-electron chi connectivity index (χ4n) is 7.88. The van der Waals surface area contributed by atoms with Gasteiger partial charge < -0.3 is 14.4 Å². The van der Waals surface area contributed by atoms with Gasteiger partial charge in [-0.25, -0.2) is 9.97 Å². The lowest BCUT2D eigenvalue weighted by Gasteiger charge is -2.33. The van der Waals surface area contributed by atoms with Gasteiger partial charge in [-0.05, 0) is 86.3 Å². The topological polar surface area (TPSA) is 127 Å². The fraction of sp³-hybridized carbons (Fsp3) is 0.359. The van der Waals surface area contributed by atoms with E-state index in [2.05, 4.69) is 49.1 Å². The molecule has 3 aromatic carbocycles. The third-order valence-corrected chi connectivity index (χ3v) is 12.1. The first-order chi connectivity index (χ1) is 24.1. The van der Waals surface area contributed by atoms with Gasteiger partial charge in [-0.2, -0.15) is 5.26 Å². The van der Waals surface area contributed by atoms with Gasteiger partial charge in [0.1, 0.15) is 16.6 Å². The van der Waals surface area contributed by atoms with Crippen LogP contribution in [0.25, 0.3) is 44.3 Å². The summed E-state index contributed by atoms with van der Waals surface area (Å²) in [6.07, 6.45) is 1.37. The highest BCUT2D eigenvalue weighted by molar-refractivity contribution is 7.15. The number of rotatable bonds is 9. The van der Waals surface area contributed by atoms with E-state index in [9.17, 15) is 20.0 Å². The first kappa shape index (κ1) is 32.3. The second-order valence-corrected chi connectivity index (χ2v) is 15.2. The van der Waals surface area contributed by atoms with E-state index in [1.54, 1.807) is 11.3 Å². The van der Waals surface area contributed by atoms with Crippen LogP contribution in [0.5, 0.6) is 0 Å². The number of nitriles is 1. The summed E-state index contributed by atoms with van der Waals surface area (Å²) in [4.78, 5) is 41.7. The molecule has 0 unspecified atom stereocenters. The molecule has 2 aromatic heterocycles. The summed E-state index contributed by atoms with van der Waals surface area (Å²) in [5.41, 5.74) is 9.00. The molecule has 50 heavy (non-hydrogen) atoms. The van der Waals surface area contributed by atoms with Gasteiger partial charge >= 0.3 is 5.97 Å². The van der Waals surface area contributed by atoms with Gasteiger partial charge in [0.2, 0.25) is 11.8 Å². The molecule has 1 amide bonds. The molecule has 1 N–H and O–H groups in total. The Morgan fingerprint density at radius 3 is 2.42 bits per heavy atom. The second kappa shape index (κ2) is 12.2. The molecule has 1 aliphatic carbocycles. The Hall–Kier alpha value is -4.89. The molecule has 0 radical (unpaired) electrons. The number of likely N-dealkylation sites (N-methyl/N-ethyl adjacent to an activating group) is 1. The number of nitrogens with zero attached hydrogens (tertiary/aromatic N) is 6. The van der Waals surface area contributed by atoms with E-state index in [-0.39, 0.29) is 11.9 Å². The van der Waals surface area contributed by atoms with Crippen LogP contribution in [0.3, 0.4) is 0 Å². The summed E-state index contributed by atoms with van der Waals surface area (Å²) in [5, 5.41) is 20.7. The number of carbonyl (C=O) groups is 2. The van der Waals surface area contributed by atoms with Gasteiger partial charge in [-0.15, -0.1) is 11.3 Å². The number of carbonyl (C=O) groups excluding carboxylic acids is 1. The van der Waals surface area contributed by atoms with Crippen LogP contribution in [-0.2, 0) is 29.2 Å². The smallest absolute Gasteiger partial charge is 0.311 e. The zero-order valence-corrected chi connectivity index (χ0v) is 29.4. The predicted octanol–water partition coefficient (Wildman–Crippen LogP) is 6.62. The van der Waals surface area contributed by atoms with Crippen LogP contribution < -0.4 is 0 Å². The van der Waals surface area contributed by atoms with E-state index >= 15 is 0 Å². The molecular weight excluding hydrogens is 649 g/mol. The van der Waals surface area contributed by atoms with Crippen molar-refractivity contribution in [3.63, 3.8) is 0 Å². The third kappa shape index (κ3) is 5.30. The van der Waals surface area contributed by atoms with Crippen LogP contribution in [-0.4, -0.2) is 74.4 Å². The minimum absolute atomic E-state index is 0.131. The number of carboxylic acid groups (broad SMARTS) is 1. The first-order valence-corrected chi connectivity index (χ1v) is 17.9. The number of fused-ring (bicyclic) bond motifs is 3. The van der Waals surface area contributed by atoms with Crippen LogP contribution in [0, 0.1) is 30.6 Å². The Labute approximate surface area is 294 Å². The van der Waals surface area contributed by atoms with E-state index in [4.69, 9.17) is 14.4 Å². The molecule has 11 heteroatoms. The van der Waals surface area contributed by atoms with Crippen molar-refractivity contribution in [2.75, 3.05) is 26.7 Å². The zero-order valence-electron chi connectivity index (χ0n) is 28.6. The molecule has 2 bridgehead atoms. The van der Waals surface area contributed by atoms with Gasteiger partial charge in [-0.1, -0.05) is 37.3 Å². The molecule has 3 fully saturated rings. The number of hydrogen-bond acceptors (Lipinski definition) is 9. The minimum atomic E-state index is -0.714. The van der Waals surface area contributed by atoms with Gasteiger partial charge in [0, 0.05) is 35.1 Å². The van der Waals surface area contributed by atoms with E-state index < -0.39 is 11.4 Å². The zero-order chi connectivity index (χ0) is 34.9. The molecule has 5 heterocycles. The summed E-state index contributed by atoms with van der Waals surface area (Å²) < 4.78 is 6.30. The molecule has 3 aliphatic heterocycles. The van der Waals surface area contributed by atoms with Crippen molar-refractivity contribution in [2.24, 2.45) is 5.41 Å². The van der Waals surface area contributed by atoms with E-state index in [1.807, 2.05) is 48.0 Å². The van der Waals surface area contributed by atoms with E-state index in [0.717, 1.165) is 61.1 Å². The van der Waals surface area contributed by atoms with Crippen molar-refractivity contribution < 1.29 is 19.1 Å². The number of amides is 1. The van der Waals surface area contributed by atoms with Crippen LogP contribution in [0.1, 0.15) is 52.6 Å². The number of oxazole rings is 1. The summed E-state index contributed by atoms with van der Waals surface area (Å²) >= 11 is 1.66. The average molecular weight is 687 g/mol. The Balaban J connectivity index is 1.06. The molecule has 2 saturated heterocycles. The standard InChI is InChI=1S/C39H38N6O4S/c1-5-43(4)20-34(46)44-18-32-33(19-44)50-37(42-32)30-11-7-9-28(23(30)3)27-8-6-10-29(22(27)2)36-41-31-13-24(12-25(16-40)35(31)49-36)17-45-21-39(38(47)48)14-26(45)15-39/h6-13,26H,5,14-15,17-21H2,1-4H3,(H,47,48). The SMILES string of the molecule is CCN(C)CC(=O)N1Cc2nc(-c3cccc(-c4cccc(-c5nc6cc(CN7CC8(C(=O)O)CC7C8)cc(C#N)c6o5)c4C)c3C)sc2C1. The maximum atomic E-state index is 12.8. The van der Waals surface area contributed by atoms with Crippen LogP contribution in [0.2, 0.25) is 0 Å². The van der Waals surface area contributed by atoms with Crippen LogP contribution in [0.15, 0.2) is 52.9 Å².